The van der Waals surface area contributed by atoms with Crippen molar-refractivity contribution in [2.24, 2.45) is 0 Å². The second kappa shape index (κ2) is 8.09. The molecule has 1 heterocycles. The molecule has 0 unspecified atom stereocenters. The van der Waals surface area contributed by atoms with Crippen molar-refractivity contribution < 1.29 is 19.1 Å². The Morgan fingerprint density at radius 2 is 2.04 bits per heavy atom. The lowest BCUT2D eigenvalue weighted by Crippen LogP contribution is -2.42. The van der Waals surface area contributed by atoms with Crippen LogP contribution in [0.15, 0.2) is 42.5 Å². The van der Waals surface area contributed by atoms with E-state index in [1.165, 1.54) is 7.11 Å². The van der Waals surface area contributed by atoms with E-state index in [9.17, 15) is 9.59 Å². The minimum atomic E-state index is -0.282. The number of nitrogens with one attached hydrogen (secondary N) is 1. The number of hydrogen-bond acceptors (Lipinski definition) is 5. The van der Waals surface area contributed by atoms with Gasteiger partial charge in [0.05, 0.1) is 18.4 Å². The lowest BCUT2D eigenvalue weighted by molar-refractivity contribution is -0.121. The smallest absolute Gasteiger partial charge is 0.265 e. The first-order valence-corrected chi connectivity index (χ1v) is 8.66. The second-order valence-electron chi connectivity index (χ2n) is 6.47. The van der Waals surface area contributed by atoms with Gasteiger partial charge in [-0.25, -0.2) is 0 Å². The van der Waals surface area contributed by atoms with Gasteiger partial charge in [-0.15, -0.1) is 0 Å². The Labute approximate surface area is 158 Å². The first-order valence-electron chi connectivity index (χ1n) is 8.66. The van der Waals surface area contributed by atoms with Crippen LogP contribution < -0.4 is 19.7 Å². The van der Waals surface area contributed by atoms with Crippen LogP contribution in [0.1, 0.15) is 10.4 Å². The van der Waals surface area contributed by atoms with Crippen molar-refractivity contribution >= 4 is 23.2 Å². The van der Waals surface area contributed by atoms with Crippen LogP contribution in [0.3, 0.4) is 0 Å². The molecule has 7 heteroatoms. The van der Waals surface area contributed by atoms with Crippen molar-refractivity contribution in [3.8, 4) is 11.5 Å². The molecular weight excluding hydrogens is 346 g/mol. The number of amides is 2. The van der Waals surface area contributed by atoms with Crippen molar-refractivity contribution in [2.45, 2.75) is 0 Å². The third-order valence-electron chi connectivity index (χ3n) is 4.28. The molecule has 0 radical (unpaired) electrons. The van der Waals surface area contributed by atoms with E-state index in [4.69, 9.17) is 9.47 Å². The van der Waals surface area contributed by atoms with Gasteiger partial charge in [-0.05, 0) is 44.4 Å². The van der Waals surface area contributed by atoms with Gasteiger partial charge in [0.25, 0.3) is 11.8 Å². The predicted molar refractivity (Wildman–Crippen MR) is 104 cm³/mol. The zero-order valence-electron chi connectivity index (χ0n) is 15.7. The largest absolute Gasteiger partial charge is 0.496 e. The summed E-state index contributed by atoms with van der Waals surface area (Å²) in [6.45, 7) is 1.29. The molecule has 0 atom stereocenters. The van der Waals surface area contributed by atoms with Crippen LogP contribution in [-0.2, 0) is 4.79 Å². The number of nitrogens with zero attached hydrogens (tertiary/aromatic N) is 2. The van der Waals surface area contributed by atoms with E-state index in [2.05, 4.69) is 5.32 Å². The Bertz CT molecular complexity index is 851. The van der Waals surface area contributed by atoms with E-state index in [-0.39, 0.29) is 18.4 Å². The molecule has 7 nitrogen and oxygen atoms in total. The first kappa shape index (κ1) is 18.7. The van der Waals surface area contributed by atoms with Crippen LogP contribution >= 0.6 is 0 Å². The van der Waals surface area contributed by atoms with E-state index in [0.717, 1.165) is 6.54 Å². The van der Waals surface area contributed by atoms with Crippen molar-refractivity contribution in [3.05, 3.63) is 48.0 Å². The van der Waals surface area contributed by atoms with E-state index in [1.54, 1.807) is 47.4 Å². The maximum absolute atomic E-state index is 12.6. The number of para-hydroxylation sites is 1. The van der Waals surface area contributed by atoms with Gasteiger partial charge in [-0.2, -0.15) is 0 Å². The summed E-state index contributed by atoms with van der Waals surface area (Å²) in [5.41, 5.74) is 1.68. The first-order chi connectivity index (χ1) is 13.0. The molecule has 0 spiro atoms. The second-order valence-corrected chi connectivity index (χ2v) is 6.47. The highest BCUT2D eigenvalue weighted by Gasteiger charge is 2.26. The van der Waals surface area contributed by atoms with Gasteiger partial charge in [0.1, 0.15) is 11.5 Å². The molecule has 0 fully saturated rings. The van der Waals surface area contributed by atoms with Crippen LogP contribution in [0, 0.1) is 0 Å². The minimum absolute atomic E-state index is 0.0212. The predicted octanol–water partition coefficient (Wildman–Crippen LogP) is 2.23. The van der Waals surface area contributed by atoms with Crippen LogP contribution in [0.25, 0.3) is 0 Å². The molecule has 2 amide bonds. The Morgan fingerprint density at radius 1 is 1.26 bits per heavy atom. The summed E-state index contributed by atoms with van der Waals surface area (Å²) in [6, 6.07) is 12.3. The normalized spacial score (nSPS) is 13.2. The molecule has 27 heavy (non-hydrogen) atoms. The number of fused-ring (bicyclic) bond motifs is 1. The van der Waals surface area contributed by atoms with Crippen LogP contribution in [0.2, 0.25) is 0 Å². The number of benzene rings is 2. The summed E-state index contributed by atoms with van der Waals surface area (Å²) in [7, 11) is 5.43. The van der Waals surface area contributed by atoms with E-state index in [1.807, 2.05) is 19.0 Å². The molecule has 0 saturated heterocycles. The summed E-state index contributed by atoms with van der Waals surface area (Å²) in [5.74, 6) is 0.746. The fourth-order valence-electron chi connectivity index (χ4n) is 2.86. The Balaban J connectivity index is 1.84. The molecule has 0 bridgehead atoms. The number of hydrogen-bond donors (Lipinski definition) is 1. The Kier molecular flexibility index (Phi) is 5.61. The van der Waals surface area contributed by atoms with Crippen molar-refractivity contribution in [3.63, 3.8) is 0 Å². The number of rotatable bonds is 6. The number of ether oxygens (including phenoxy) is 2. The molecule has 1 aliphatic rings. The molecule has 3 rings (SSSR count). The van der Waals surface area contributed by atoms with Crippen LogP contribution in [0.5, 0.6) is 11.5 Å². The number of anilines is 2. The molecular formula is C20H23N3O4. The van der Waals surface area contributed by atoms with Gasteiger partial charge < -0.3 is 24.6 Å². The highest BCUT2D eigenvalue weighted by molar-refractivity contribution is 6.07. The molecule has 1 N–H and O–H groups in total. The molecule has 0 saturated carbocycles. The summed E-state index contributed by atoms with van der Waals surface area (Å²) >= 11 is 0. The highest BCUT2D eigenvalue weighted by Crippen LogP contribution is 2.34. The van der Waals surface area contributed by atoms with Gasteiger partial charge in [0, 0.05) is 18.8 Å². The quantitative estimate of drug-likeness (QED) is 0.846. The van der Waals surface area contributed by atoms with Gasteiger partial charge in [-0.1, -0.05) is 12.1 Å². The van der Waals surface area contributed by atoms with Crippen LogP contribution in [0.4, 0.5) is 11.4 Å². The van der Waals surface area contributed by atoms with E-state index in [0.29, 0.717) is 35.0 Å². The number of likely N-dealkylation sites (N-methyl/N-ethyl adjacent to an activating group) is 1. The van der Waals surface area contributed by atoms with Gasteiger partial charge in [0.2, 0.25) is 0 Å². The lowest BCUT2D eigenvalue weighted by Gasteiger charge is -2.30. The minimum Gasteiger partial charge on any atom is -0.496 e. The fourth-order valence-corrected chi connectivity index (χ4v) is 2.86. The molecule has 1 aliphatic heterocycles. The van der Waals surface area contributed by atoms with Crippen molar-refractivity contribution in [1.29, 1.82) is 0 Å². The maximum atomic E-state index is 12.6. The number of carbonyl (C=O) groups excluding carboxylic acids is 2. The average Bonchev–Trinajstić information content (AvgIpc) is 2.67. The summed E-state index contributed by atoms with van der Waals surface area (Å²) in [5, 5.41) is 2.86. The molecule has 2 aromatic carbocycles. The van der Waals surface area contributed by atoms with E-state index < -0.39 is 0 Å². The average molecular weight is 369 g/mol. The molecule has 2 aromatic rings. The van der Waals surface area contributed by atoms with Gasteiger partial charge in [0.15, 0.2) is 6.61 Å². The summed E-state index contributed by atoms with van der Waals surface area (Å²) in [4.78, 5) is 28.6. The third kappa shape index (κ3) is 4.20. The third-order valence-corrected chi connectivity index (χ3v) is 4.28. The zero-order valence-corrected chi connectivity index (χ0v) is 15.7. The fraction of sp³-hybridized carbons (Fsp3) is 0.300. The summed E-state index contributed by atoms with van der Waals surface area (Å²) in [6.07, 6.45) is 0. The molecule has 0 aromatic heterocycles. The van der Waals surface area contributed by atoms with Gasteiger partial charge >= 0.3 is 0 Å². The highest BCUT2D eigenvalue weighted by atomic mass is 16.5. The van der Waals surface area contributed by atoms with Gasteiger partial charge in [-0.3, -0.25) is 9.59 Å². The monoisotopic (exact) mass is 369 g/mol. The number of methoxy groups -OCH3 is 1. The lowest BCUT2D eigenvalue weighted by atomic mass is 10.1. The maximum Gasteiger partial charge on any atom is 0.265 e. The van der Waals surface area contributed by atoms with Crippen LogP contribution in [-0.4, -0.2) is 57.6 Å². The van der Waals surface area contributed by atoms with Crippen molar-refractivity contribution in [1.82, 2.24) is 4.90 Å². The zero-order chi connectivity index (χ0) is 19.4. The SMILES string of the molecule is COc1ccccc1C(=O)Nc1ccc2c(c1)N(CCN(C)C)C(=O)CO2. The Hall–Kier alpha value is -3.06. The topological polar surface area (TPSA) is 71.1 Å². The van der Waals surface area contributed by atoms with E-state index >= 15 is 0 Å². The Morgan fingerprint density at radius 3 is 2.78 bits per heavy atom. The number of carbonyl (C=O) groups is 2. The standard InChI is InChI=1S/C20H23N3O4/c1-22(2)10-11-23-16-12-14(8-9-18(16)27-13-19(23)24)21-20(25)15-6-4-5-7-17(15)26-3/h4-9,12H,10-11,13H2,1-3H3,(H,21,25). The molecule has 142 valence electrons. The van der Waals surface area contributed by atoms with Crippen molar-refractivity contribution in [2.75, 3.05) is 51.1 Å². The molecule has 0 aliphatic carbocycles. The summed E-state index contributed by atoms with van der Waals surface area (Å²) < 4.78 is 10.8.